The quantitative estimate of drug-likeness (QED) is 0.760. The van der Waals surface area contributed by atoms with E-state index in [-0.39, 0.29) is 0 Å². The molecule has 2 rings (SSSR count). The third-order valence-corrected chi connectivity index (χ3v) is 3.03. The first kappa shape index (κ1) is 10.5. The Hall–Kier alpha value is -1.02. The Kier molecular flexibility index (Phi) is 2.96. The molecule has 15 heavy (non-hydrogen) atoms. The molecule has 0 spiro atoms. The van der Waals surface area contributed by atoms with Crippen LogP contribution in [-0.2, 0) is 0 Å². The van der Waals surface area contributed by atoms with Gasteiger partial charge in [0.25, 0.3) is 0 Å². The van der Waals surface area contributed by atoms with E-state index in [9.17, 15) is 0 Å². The van der Waals surface area contributed by atoms with Crippen molar-refractivity contribution in [2.45, 2.75) is 32.7 Å². The third-order valence-electron chi connectivity index (χ3n) is 3.03. The molecule has 1 aromatic carbocycles. The number of rotatable bonds is 1. The van der Waals surface area contributed by atoms with Crippen molar-refractivity contribution in [3.63, 3.8) is 0 Å². The number of hydrogen-bond donors (Lipinski definition) is 1. The lowest BCUT2D eigenvalue weighted by Gasteiger charge is -2.33. The maximum absolute atomic E-state index is 6.00. The van der Waals surface area contributed by atoms with Gasteiger partial charge in [-0.1, -0.05) is 6.07 Å². The molecule has 1 heterocycles. The summed E-state index contributed by atoms with van der Waals surface area (Å²) < 4.78 is 0. The Bertz CT molecular complexity index is 326. The van der Waals surface area contributed by atoms with Gasteiger partial charge in [-0.2, -0.15) is 0 Å². The average Bonchev–Trinajstić information content (AvgIpc) is 2.16. The van der Waals surface area contributed by atoms with Crippen LogP contribution in [0.2, 0.25) is 0 Å². The monoisotopic (exact) mass is 204 g/mol. The summed E-state index contributed by atoms with van der Waals surface area (Å²) in [6, 6.07) is 7.07. The van der Waals surface area contributed by atoms with E-state index in [0.717, 1.165) is 13.1 Å². The van der Waals surface area contributed by atoms with Crippen LogP contribution >= 0.6 is 0 Å². The summed E-state index contributed by atoms with van der Waals surface area (Å²) in [6.45, 7) is 6.46. The molecule has 0 saturated carbocycles. The van der Waals surface area contributed by atoms with Gasteiger partial charge in [0.2, 0.25) is 0 Å². The van der Waals surface area contributed by atoms with E-state index in [4.69, 9.17) is 5.73 Å². The summed E-state index contributed by atoms with van der Waals surface area (Å²) in [5, 5.41) is 0. The summed E-state index contributed by atoms with van der Waals surface area (Å²) in [4.78, 5) is 2.41. The predicted molar refractivity (Wildman–Crippen MR) is 65.3 cm³/mol. The lowest BCUT2D eigenvalue weighted by molar-refractivity contribution is 0.506. The number of anilines is 1. The van der Waals surface area contributed by atoms with Gasteiger partial charge in [-0.3, -0.25) is 0 Å². The van der Waals surface area contributed by atoms with Crippen LogP contribution < -0.4 is 10.6 Å². The highest BCUT2D eigenvalue weighted by atomic mass is 15.1. The van der Waals surface area contributed by atoms with Gasteiger partial charge in [-0.15, -0.1) is 0 Å². The standard InChI is InChI=1S/C13H20N2/c1-10-6-11(2)8-13(7-10)15-5-3-4-12(14)9-15/h6-8,12H,3-5,9,14H2,1-2H3. The smallest absolute Gasteiger partial charge is 0.0372 e. The molecule has 0 aliphatic carbocycles. The van der Waals surface area contributed by atoms with Crippen LogP contribution in [0.15, 0.2) is 18.2 Å². The molecule has 2 heteroatoms. The first-order valence-corrected chi connectivity index (χ1v) is 5.74. The molecule has 0 aromatic heterocycles. The van der Waals surface area contributed by atoms with Crippen molar-refractivity contribution in [2.75, 3.05) is 18.0 Å². The summed E-state index contributed by atoms with van der Waals surface area (Å²) in [5.74, 6) is 0. The van der Waals surface area contributed by atoms with Crippen LogP contribution in [0.3, 0.4) is 0 Å². The number of hydrogen-bond acceptors (Lipinski definition) is 2. The Morgan fingerprint density at radius 3 is 2.47 bits per heavy atom. The molecule has 1 aliphatic rings. The molecule has 1 atom stereocenters. The highest BCUT2D eigenvalue weighted by Gasteiger charge is 2.16. The summed E-state index contributed by atoms with van der Waals surface area (Å²) in [5.41, 5.74) is 10.0. The van der Waals surface area contributed by atoms with Gasteiger partial charge >= 0.3 is 0 Å². The maximum Gasteiger partial charge on any atom is 0.0372 e. The largest absolute Gasteiger partial charge is 0.370 e. The van der Waals surface area contributed by atoms with Crippen molar-refractivity contribution >= 4 is 5.69 Å². The van der Waals surface area contributed by atoms with Gasteiger partial charge in [0, 0.05) is 24.8 Å². The molecule has 1 aliphatic heterocycles. The zero-order valence-electron chi connectivity index (χ0n) is 9.66. The van der Waals surface area contributed by atoms with Crippen molar-refractivity contribution in [2.24, 2.45) is 5.73 Å². The van der Waals surface area contributed by atoms with Gasteiger partial charge in [-0.05, 0) is 49.9 Å². The molecule has 0 amide bonds. The molecular formula is C13H20N2. The second-order valence-electron chi connectivity index (χ2n) is 4.69. The fourth-order valence-corrected chi connectivity index (χ4v) is 2.38. The van der Waals surface area contributed by atoms with Crippen LogP contribution in [0.25, 0.3) is 0 Å². The van der Waals surface area contributed by atoms with Crippen molar-refractivity contribution in [3.8, 4) is 0 Å². The van der Waals surface area contributed by atoms with E-state index >= 15 is 0 Å². The molecule has 1 aromatic rings. The van der Waals surface area contributed by atoms with E-state index < -0.39 is 0 Å². The minimum Gasteiger partial charge on any atom is -0.370 e. The SMILES string of the molecule is Cc1cc(C)cc(N2CCCC(N)C2)c1. The fourth-order valence-electron chi connectivity index (χ4n) is 2.38. The minimum absolute atomic E-state index is 0.347. The van der Waals surface area contributed by atoms with Crippen LogP contribution in [0.1, 0.15) is 24.0 Å². The molecule has 2 N–H and O–H groups in total. The molecule has 0 radical (unpaired) electrons. The summed E-state index contributed by atoms with van der Waals surface area (Å²) in [6.07, 6.45) is 2.38. The molecule has 1 unspecified atom stereocenters. The number of piperidine rings is 1. The molecule has 2 nitrogen and oxygen atoms in total. The van der Waals surface area contributed by atoms with Crippen LogP contribution in [0, 0.1) is 13.8 Å². The van der Waals surface area contributed by atoms with Gasteiger partial charge in [-0.25, -0.2) is 0 Å². The molecule has 1 saturated heterocycles. The van der Waals surface area contributed by atoms with Gasteiger partial charge < -0.3 is 10.6 Å². The van der Waals surface area contributed by atoms with Gasteiger partial charge in [0.15, 0.2) is 0 Å². The Morgan fingerprint density at radius 2 is 1.87 bits per heavy atom. The Morgan fingerprint density at radius 1 is 1.20 bits per heavy atom. The van der Waals surface area contributed by atoms with Crippen molar-refractivity contribution in [1.29, 1.82) is 0 Å². The topological polar surface area (TPSA) is 29.3 Å². The molecule has 0 bridgehead atoms. The van der Waals surface area contributed by atoms with Gasteiger partial charge in [0.05, 0.1) is 0 Å². The first-order valence-electron chi connectivity index (χ1n) is 5.74. The number of nitrogens with two attached hydrogens (primary N) is 1. The molecule has 82 valence electrons. The van der Waals surface area contributed by atoms with Crippen molar-refractivity contribution < 1.29 is 0 Å². The second-order valence-corrected chi connectivity index (χ2v) is 4.69. The van der Waals surface area contributed by atoms with E-state index in [1.807, 2.05) is 0 Å². The highest BCUT2D eigenvalue weighted by molar-refractivity contribution is 5.51. The third kappa shape index (κ3) is 2.51. The summed E-state index contributed by atoms with van der Waals surface area (Å²) in [7, 11) is 0. The predicted octanol–water partition coefficient (Wildman–Crippen LogP) is 2.23. The van der Waals surface area contributed by atoms with E-state index in [0.29, 0.717) is 6.04 Å². The zero-order valence-corrected chi connectivity index (χ0v) is 9.66. The number of nitrogens with zero attached hydrogens (tertiary/aromatic N) is 1. The maximum atomic E-state index is 6.00. The second kappa shape index (κ2) is 4.23. The van der Waals surface area contributed by atoms with Crippen LogP contribution in [0.5, 0.6) is 0 Å². The lowest BCUT2D eigenvalue weighted by atomic mass is 10.0. The van der Waals surface area contributed by atoms with Crippen LogP contribution in [0.4, 0.5) is 5.69 Å². The molecular weight excluding hydrogens is 184 g/mol. The van der Waals surface area contributed by atoms with E-state index in [1.54, 1.807) is 0 Å². The number of aryl methyl sites for hydroxylation is 2. The normalized spacial score (nSPS) is 21.8. The summed E-state index contributed by atoms with van der Waals surface area (Å²) >= 11 is 0. The van der Waals surface area contributed by atoms with Crippen molar-refractivity contribution in [3.05, 3.63) is 29.3 Å². The first-order chi connectivity index (χ1) is 7.15. The van der Waals surface area contributed by atoms with E-state index in [1.165, 1.54) is 29.7 Å². The van der Waals surface area contributed by atoms with Crippen LogP contribution in [-0.4, -0.2) is 19.1 Å². The van der Waals surface area contributed by atoms with E-state index in [2.05, 4.69) is 36.9 Å². The minimum atomic E-state index is 0.347. The lowest BCUT2D eigenvalue weighted by Crippen LogP contribution is -2.42. The highest BCUT2D eigenvalue weighted by Crippen LogP contribution is 2.22. The average molecular weight is 204 g/mol. The molecule has 1 fully saturated rings. The zero-order chi connectivity index (χ0) is 10.8. The Balaban J connectivity index is 2.20. The van der Waals surface area contributed by atoms with Crippen molar-refractivity contribution in [1.82, 2.24) is 0 Å². The van der Waals surface area contributed by atoms with Gasteiger partial charge in [0.1, 0.15) is 0 Å². The Labute approximate surface area is 92.1 Å². The number of benzene rings is 1. The fraction of sp³-hybridized carbons (Fsp3) is 0.538.